The van der Waals surface area contributed by atoms with E-state index in [0.717, 1.165) is 67.8 Å². The SMILES string of the molecule is Fc1ccc(CN2CCN(c3nc4cnccc4nc3NC3CC3)CC2)c(F)c1. The molecule has 2 aromatic heterocycles. The van der Waals surface area contributed by atoms with Crippen molar-refractivity contribution in [3.05, 3.63) is 53.9 Å². The number of hydrogen-bond donors (Lipinski definition) is 1. The van der Waals surface area contributed by atoms with Crippen LogP contribution in [0.3, 0.4) is 0 Å². The van der Waals surface area contributed by atoms with E-state index in [4.69, 9.17) is 9.97 Å². The van der Waals surface area contributed by atoms with Crippen molar-refractivity contribution in [2.45, 2.75) is 25.4 Å². The summed E-state index contributed by atoms with van der Waals surface area (Å²) in [5, 5.41) is 3.50. The highest BCUT2D eigenvalue weighted by molar-refractivity contribution is 5.80. The molecule has 1 saturated carbocycles. The van der Waals surface area contributed by atoms with Crippen LogP contribution in [0, 0.1) is 11.6 Å². The molecule has 0 bridgehead atoms. The third kappa shape index (κ3) is 3.98. The summed E-state index contributed by atoms with van der Waals surface area (Å²) in [6, 6.07) is 6.13. The van der Waals surface area contributed by atoms with E-state index in [1.807, 2.05) is 6.07 Å². The van der Waals surface area contributed by atoms with Crippen LogP contribution in [0.5, 0.6) is 0 Å². The Bertz CT molecular complexity index is 1030. The van der Waals surface area contributed by atoms with Crippen molar-refractivity contribution < 1.29 is 8.78 Å². The predicted molar refractivity (Wildman–Crippen MR) is 108 cm³/mol. The van der Waals surface area contributed by atoms with E-state index in [1.54, 1.807) is 12.4 Å². The van der Waals surface area contributed by atoms with E-state index < -0.39 is 11.6 Å². The lowest BCUT2D eigenvalue weighted by atomic mass is 10.1. The number of hydrogen-bond acceptors (Lipinski definition) is 6. The molecule has 0 unspecified atom stereocenters. The lowest BCUT2D eigenvalue weighted by Gasteiger charge is -2.36. The highest BCUT2D eigenvalue weighted by atomic mass is 19.1. The number of piperazine rings is 1. The molecule has 2 fully saturated rings. The summed E-state index contributed by atoms with van der Waals surface area (Å²) in [5.41, 5.74) is 2.13. The van der Waals surface area contributed by atoms with Gasteiger partial charge in [0.2, 0.25) is 0 Å². The zero-order valence-electron chi connectivity index (χ0n) is 16.0. The van der Waals surface area contributed by atoms with E-state index in [2.05, 4.69) is 20.1 Å². The van der Waals surface area contributed by atoms with Crippen LogP contribution in [0.4, 0.5) is 20.4 Å². The molecule has 29 heavy (non-hydrogen) atoms. The monoisotopic (exact) mass is 396 g/mol. The summed E-state index contributed by atoms with van der Waals surface area (Å²) in [6.07, 6.45) is 5.78. The molecule has 0 spiro atoms. The maximum atomic E-state index is 14.0. The third-order valence-electron chi connectivity index (χ3n) is 5.45. The number of pyridine rings is 1. The van der Waals surface area contributed by atoms with E-state index >= 15 is 0 Å². The van der Waals surface area contributed by atoms with Crippen molar-refractivity contribution in [1.82, 2.24) is 19.9 Å². The molecule has 3 heterocycles. The molecule has 1 aliphatic heterocycles. The number of benzene rings is 1. The topological polar surface area (TPSA) is 57.2 Å². The van der Waals surface area contributed by atoms with Crippen LogP contribution in [0.1, 0.15) is 18.4 Å². The van der Waals surface area contributed by atoms with Gasteiger partial charge in [-0.3, -0.25) is 9.88 Å². The maximum Gasteiger partial charge on any atom is 0.172 e. The molecule has 1 N–H and O–H groups in total. The number of fused-ring (bicyclic) bond motifs is 1. The molecule has 1 aliphatic carbocycles. The molecule has 8 heteroatoms. The predicted octanol–water partition coefficient (Wildman–Crippen LogP) is 3.20. The number of nitrogens with one attached hydrogen (secondary N) is 1. The van der Waals surface area contributed by atoms with Crippen LogP contribution in [0.15, 0.2) is 36.7 Å². The second kappa shape index (κ2) is 7.51. The van der Waals surface area contributed by atoms with Gasteiger partial charge in [-0.15, -0.1) is 0 Å². The fourth-order valence-electron chi connectivity index (χ4n) is 3.64. The van der Waals surface area contributed by atoms with Gasteiger partial charge in [-0.25, -0.2) is 18.7 Å². The van der Waals surface area contributed by atoms with Crippen LogP contribution in [0.25, 0.3) is 11.0 Å². The van der Waals surface area contributed by atoms with Crippen LogP contribution >= 0.6 is 0 Å². The van der Waals surface area contributed by atoms with E-state index in [9.17, 15) is 8.78 Å². The van der Waals surface area contributed by atoms with Crippen LogP contribution < -0.4 is 10.2 Å². The Hall–Kier alpha value is -2.87. The zero-order chi connectivity index (χ0) is 19.8. The Morgan fingerprint density at radius 2 is 1.83 bits per heavy atom. The van der Waals surface area contributed by atoms with E-state index in [0.29, 0.717) is 18.2 Å². The third-order valence-corrected chi connectivity index (χ3v) is 5.45. The molecule has 6 nitrogen and oxygen atoms in total. The number of anilines is 2. The van der Waals surface area contributed by atoms with Crippen LogP contribution in [-0.2, 0) is 6.54 Å². The van der Waals surface area contributed by atoms with Gasteiger partial charge in [0, 0.05) is 56.6 Å². The summed E-state index contributed by atoms with van der Waals surface area (Å²) in [4.78, 5) is 18.2. The minimum Gasteiger partial charge on any atom is -0.364 e. The summed E-state index contributed by atoms with van der Waals surface area (Å²) in [5.74, 6) is 0.640. The molecule has 3 aromatic rings. The Kier molecular flexibility index (Phi) is 4.71. The molecule has 2 aliphatic rings. The zero-order valence-corrected chi connectivity index (χ0v) is 16.0. The molecule has 1 aromatic carbocycles. The minimum absolute atomic E-state index is 0.473. The average molecular weight is 396 g/mol. The highest BCUT2D eigenvalue weighted by Gasteiger charge is 2.27. The minimum atomic E-state index is -0.545. The Balaban J connectivity index is 1.32. The van der Waals surface area contributed by atoms with Crippen molar-refractivity contribution in [1.29, 1.82) is 0 Å². The number of halogens is 2. The average Bonchev–Trinajstić information content (AvgIpc) is 3.54. The standard InChI is InChI=1S/C21H22F2N6/c22-15-2-1-14(17(23)11-15)13-28-7-9-29(10-8-28)21-20(25-16-3-4-16)26-18-5-6-24-12-19(18)27-21/h1-2,5-6,11-12,16H,3-4,7-10,13H2,(H,25,26). The first-order valence-electron chi connectivity index (χ1n) is 9.95. The molecule has 0 radical (unpaired) electrons. The van der Waals surface area contributed by atoms with Gasteiger partial charge in [-0.1, -0.05) is 6.07 Å². The first-order valence-corrected chi connectivity index (χ1v) is 9.95. The molecular weight excluding hydrogens is 374 g/mol. The van der Waals surface area contributed by atoms with E-state index in [1.165, 1.54) is 12.1 Å². The van der Waals surface area contributed by atoms with Gasteiger partial charge in [-0.05, 0) is 25.0 Å². The molecule has 5 rings (SSSR count). The van der Waals surface area contributed by atoms with Crippen molar-refractivity contribution >= 4 is 22.7 Å². The fraction of sp³-hybridized carbons (Fsp3) is 0.381. The van der Waals surface area contributed by atoms with Gasteiger partial charge < -0.3 is 10.2 Å². The Labute approximate surface area is 167 Å². The molecule has 150 valence electrons. The van der Waals surface area contributed by atoms with Gasteiger partial charge in [0.1, 0.15) is 17.2 Å². The van der Waals surface area contributed by atoms with Gasteiger partial charge >= 0.3 is 0 Å². The summed E-state index contributed by atoms with van der Waals surface area (Å²) in [7, 11) is 0. The normalized spacial score (nSPS) is 17.7. The van der Waals surface area contributed by atoms with Crippen LogP contribution in [-0.4, -0.2) is 52.1 Å². The highest BCUT2D eigenvalue weighted by Crippen LogP contribution is 2.31. The number of aromatic nitrogens is 3. The van der Waals surface area contributed by atoms with Gasteiger partial charge in [-0.2, -0.15) is 0 Å². The van der Waals surface area contributed by atoms with E-state index in [-0.39, 0.29) is 0 Å². The summed E-state index contributed by atoms with van der Waals surface area (Å²) in [6.45, 7) is 3.55. The number of nitrogens with zero attached hydrogens (tertiary/aromatic N) is 5. The fourth-order valence-corrected chi connectivity index (χ4v) is 3.64. The number of rotatable bonds is 5. The first-order chi connectivity index (χ1) is 14.2. The van der Waals surface area contributed by atoms with Crippen molar-refractivity contribution in [2.24, 2.45) is 0 Å². The molecule has 0 amide bonds. The van der Waals surface area contributed by atoms with Gasteiger partial charge in [0.05, 0.1) is 11.7 Å². The second-order valence-corrected chi connectivity index (χ2v) is 7.68. The summed E-state index contributed by atoms with van der Waals surface area (Å²) >= 11 is 0. The maximum absolute atomic E-state index is 14.0. The Morgan fingerprint density at radius 1 is 1.00 bits per heavy atom. The smallest absolute Gasteiger partial charge is 0.172 e. The lowest BCUT2D eigenvalue weighted by molar-refractivity contribution is 0.246. The molecular formula is C21H22F2N6. The van der Waals surface area contributed by atoms with Gasteiger partial charge in [0.15, 0.2) is 11.6 Å². The molecule has 1 saturated heterocycles. The molecule has 0 atom stereocenters. The second-order valence-electron chi connectivity index (χ2n) is 7.68. The Morgan fingerprint density at radius 3 is 2.59 bits per heavy atom. The van der Waals surface area contributed by atoms with Crippen molar-refractivity contribution in [3.8, 4) is 0 Å². The van der Waals surface area contributed by atoms with Gasteiger partial charge in [0.25, 0.3) is 0 Å². The largest absolute Gasteiger partial charge is 0.364 e. The summed E-state index contributed by atoms with van der Waals surface area (Å²) < 4.78 is 27.1. The quantitative estimate of drug-likeness (QED) is 0.715. The first kappa shape index (κ1) is 18.2. The van der Waals surface area contributed by atoms with Crippen molar-refractivity contribution in [2.75, 3.05) is 36.4 Å². The van der Waals surface area contributed by atoms with Crippen molar-refractivity contribution in [3.63, 3.8) is 0 Å². The van der Waals surface area contributed by atoms with Crippen LogP contribution in [0.2, 0.25) is 0 Å². The lowest BCUT2D eigenvalue weighted by Crippen LogP contribution is -2.46.